The predicted molar refractivity (Wildman–Crippen MR) is 140 cm³/mol. The maximum atomic E-state index is 13.6. The van der Waals surface area contributed by atoms with Gasteiger partial charge in [-0.3, -0.25) is 9.80 Å². The van der Waals surface area contributed by atoms with Crippen LogP contribution in [-0.2, 0) is 4.79 Å². The molecule has 1 amide bonds. The van der Waals surface area contributed by atoms with Crippen LogP contribution in [0.1, 0.15) is 50.6 Å². The number of carbonyl (C=O) groups excluding carboxylic acids is 1. The van der Waals surface area contributed by atoms with Crippen molar-refractivity contribution in [3.05, 3.63) is 62.5 Å². The van der Waals surface area contributed by atoms with Crippen LogP contribution in [0.4, 0.5) is 5.69 Å². The predicted octanol–water partition coefficient (Wildman–Crippen LogP) is 7.47. The van der Waals surface area contributed by atoms with Gasteiger partial charge in [0.15, 0.2) is 0 Å². The summed E-state index contributed by atoms with van der Waals surface area (Å²) in [7, 11) is 0. The number of rotatable bonds is 5. The van der Waals surface area contributed by atoms with E-state index >= 15 is 0 Å². The molecule has 2 aromatic rings. The Morgan fingerprint density at radius 1 is 1.09 bits per heavy atom. The van der Waals surface area contributed by atoms with Crippen LogP contribution in [0.25, 0.3) is 0 Å². The Kier molecular flexibility index (Phi) is 8.24. The van der Waals surface area contributed by atoms with Crippen LogP contribution in [0.3, 0.4) is 0 Å². The molecule has 0 aromatic heterocycles. The van der Waals surface area contributed by atoms with E-state index in [2.05, 4.69) is 22.9 Å². The monoisotopic (exact) mass is 570 g/mol. The highest BCUT2D eigenvalue weighted by molar-refractivity contribution is 9.10. The smallest absolute Gasteiger partial charge is 0.265 e. The lowest BCUT2D eigenvalue weighted by Gasteiger charge is -2.30. The number of hydrazine groups is 1. The standard InChI is InChI=1S/C24H26BrCl3N4O/c1-2-19-22(24(33)32(28)30-13-5-3-4-6-14-30)29-31(21-12-11-18(26)15-20(21)27)23(19)16-7-9-17(25)10-8-16/h7-12,15,19,23H,2-6,13-14H2,1H3/t19-,23-/m1/s1. The summed E-state index contributed by atoms with van der Waals surface area (Å²) in [6.07, 6.45) is 5.07. The molecule has 0 spiro atoms. The summed E-state index contributed by atoms with van der Waals surface area (Å²) in [6, 6.07) is 13.2. The molecule has 4 rings (SSSR count). The van der Waals surface area contributed by atoms with E-state index in [1.165, 1.54) is 4.53 Å². The number of hydrogen-bond acceptors (Lipinski definition) is 4. The van der Waals surface area contributed by atoms with Crippen LogP contribution < -0.4 is 5.01 Å². The molecule has 1 fully saturated rings. The third-order valence-electron chi connectivity index (χ3n) is 6.24. The average Bonchev–Trinajstić information content (AvgIpc) is 2.97. The van der Waals surface area contributed by atoms with Gasteiger partial charge >= 0.3 is 0 Å². The number of nitrogens with zero attached hydrogens (tertiary/aromatic N) is 4. The Labute approximate surface area is 218 Å². The molecular formula is C24H26BrCl3N4O. The second-order valence-electron chi connectivity index (χ2n) is 8.37. The topological polar surface area (TPSA) is 39.2 Å². The highest BCUT2D eigenvalue weighted by Gasteiger charge is 2.43. The number of amides is 1. The lowest BCUT2D eigenvalue weighted by Crippen LogP contribution is -2.45. The average molecular weight is 573 g/mol. The van der Waals surface area contributed by atoms with Gasteiger partial charge in [0.05, 0.1) is 16.8 Å². The SMILES string of the molecule is CC[C@@H]1C(C(=O)N(Cl)N2CCCCCC2)=NN(c2ccc(Cl)cc2Cl)[C@@H]1c1ccc(Br)cc1. The minimum Gasteiger partial charge on any atom is -0.265 e. The molecule has 0 bridgehead atoms. The van der Waals surface area contributed by atoms with Gasteiger partial charge in [0.25, 0.3) is 5.91 Å². The lowest BCUT2D eigenvalue weighted by atomic mass is 9.87. The number of hydrogen-bond donors (Lipinski definition) is 0. The van der Waals surface area contributed by atoms with Crippen LogP contribution in [0.5, 0.6) is 0 Å². The van der Waals surface area contributed by atoms with Gasteiger partial charge < -0.3 is 0 Å². The highest BCUT2D eigenvalue weighted by atomic mass is 79.9. The molecule has 176 valence electrons. The zero-order chi connectivity index (χ0) is 23.5. The van der Waals surface area contributed by atoms with E-state index in [9.17, 15) is 4.79 Å². The highest BCUT2D eigenvalue weighted by Crippen LogP contribution is 2.44. The van der Waals surface area contributed by atoms with Crippen molar-refractivity contribution >= 4 is 68.2 Å². The van der Waals surface area contributed by atoms with Gasteiger partial charge in [-0.25, -0.2) is 5.01 Å². The minimum atomic E-state index is -0.278. The quantitative estimate of drug-likeness (QED) is 0.349. The first-order chi connectivity index (χ1) is 15.9. The fraction of sp³-hybridized carbons (Fsp3) is 0.417. The van der Waals surface area contributed by atoms with Crippen LogP contribution in [0, 0.1) is 5.92 Å². The normalized spacial score (nSPS) is 21.6. The van der Waals surface area contributed by atoms with Gasteiger partial charge in [0, 0.05) is 40.3 Å². The Morgan fingerprint density at radius 3 is 2.36 bits per heavy atom. The maximum absolute atomic E-state index is 13.6. The van der Waals surface area contributed by atoms with E-state index in [1.54, 1.807) is 12.1 Å². The molecule has 0 aliphatic carbocycles. The summed E-state index contributed by atoms with van der Waals surface area (Å²) < 4.78 is 2.23. The fourth-order valence-corrected chi connectivity index (χ4v) is 5.54. The van der Waals surface area contributed by atoms with Crippen LogP contribution >= 0.6 is 50.9 Å². The molecular weight excluding hydrogens is 547 g/mol. The minimum absolute atomic E-state index is 0.154. The Bertz CT molecular complexity index is 1020. The van der Waals surface area contributed by atoms with Crippen molar-refractivity contribution in [2.75, 3.05) is 18.1 Å². The van der Waals surface area contributed by atoms with E-state index < -0.39 is 0 Å². The molecule has 0 radical (unpaired) electrons. The zero-order valence-corrected chi connectivity index (χ0v) is 22.2. The molecule has 0 saturated carbocycles. The molecule has 2 heterocycles. The maximum Gasteiger partial charge on any atom is 0.299 e. The van der Waals surface area contributed by atoms with E-state index in [0.29, 0.717) is 21.4 Å². The van der Waals surface area contributed by atoms with E-state index in [-0.39, 0.29) is 17.9 Å². The molecule has 2 aliphatic rings. The molecule has 5 nitrogen and oxygen atoms in total. The van der Waals surface area contributed by atoms with Gasteiger partial charge in [0.2, 0.25) is 0 Å². The van der Waals surface area contributed by atoms with Gasteiger partial charge in [0.1, 0.15) is 5.71 Å². The zero-order valence-electron chi connectivity index (χ0n) is 18.4. The number of benzene rings is 2. The van der Waals surface area contributed by atoms with Crippen molar-refractivity contribution in [1.29, 1.82) is 0 Å². The summed E-state index contributed by atoms with van der Waals surface area (Å²) in [5.74, 6) is -0.432. The van der Waals surface area contributed by atoms with Gasteiger partial charge in [-0.2, -0.15) is 9.63 Å². The van der Waals surface area contributed by atoms with Crippen molar-refractivity contribution in [1.82, 2.24) is 9.54 Å². The number of halogens is 4. The molecule has 0 unspecified atom stereocenters. The van der Waals surface area contributed by atoms with E-state index in [0.717, 1.165) is 55.2 Å². The summed E-state index contributed by atoms with van der Waals surface area (Å²) in [5, 5.41) is 9.63. The Balaban J connectivity index is 1.74. The number of anilines is 1. The van der Waals surface area contributed by atoms with Crippen molar-refractivity contribution < 1.29 is 4.79 Å². The largest absolute Gasteiger partial charge is 0.299 e. The van der Waals surface area contributed by atoms with E-state index in [4.69, 9.17) is 40.1 Å². The van der Waals surface area contributed by atoms with Crippen LogP contribution in [-0.4, -0.2) is 34.2 Å². The summed E-state index contributed by atoms with van der Waals surface area (Å²) in [5.41, 5.74) is 2.18. The molecule has 2 atom stereocenters. The van der Waals surface area contributed by atoms with E-state index in [1.807, 2.05) is 40.3 Å². The molecule has 1 saturated heterocycles. The third kappa shape index (κ3) is 5.35. The third-order valence-corrected chi connectivity index (χ3v) is 7.67. The van der Waals surface area contributed by atoms with Gasteiger partial charge in [-0.1, -0.05) is 71.0 Å². The van der Waals surface area contributed by atoms with Crippen LogP contribution in [0.15, 0.2) is 52.0 Å². The van der Waals surface area contributed by atoms with Gasteiger partial charge in [-0.05, 0) is 55.2 Å². The molecule has 0 N–H and O–H groups in total. The number of carbonyl (C=O) groups is 1. The second kappa shape index (κ2) is 11.0. The summed E-state index contributed by atoms with van der Waals surface area (Å²) in [4.78, 5) is 13.6. The summed E-state index contributed by atoms with van der Waals surface area (Å²) in [6.45, 7) is 3.60. The Hall–Kier alpha value is -1.31. The van der Waals surface area contributed by atoms with Crippen molar-refractivity contribution in [3.63, 3.8) is 0 Å². The van der Waals surface area contributed by atoms with Crippen molar-refractivity contribution in [2.24, 2.45) is 11.0 Å². The number of hydrazone groups is 1. The lowest BCUT2D eigenvalue weighted by molar-refractivity contribution is -0.130. The Morgan fingerprint density at radius 2 is 1.76 bits per heavy atom. The molecule has 33 heavy (non-hydrogen) atoms. The first kappa shape index (κ1) is 24.8. The summed E-state index contributed by atoms with van der Waals surface area (Å²) >= 11 is 22.8. The van der Waals surface area contributed by atoms with Crippen molar-refractivity contribution in [2.45, 2.75) is 45.1 Å². The van der Waals surface area contributed by atoms with Crippen LogP contribution in [0.2, 0.25) is 10.0 Å². The molecule has 2 aliphatic heterocycles. The first-order valence-electron chi connectivity index (χ1n) is 11.2. The fourth-order valence-electron chi connectivity index (χ4n) is 4.55. The second-order valence-corrected chi connectivity index (χ2v) is 10.4. The van der Waals surface area contributed by atoms with Gasteiger partial charge in [-0.15, -0.1) is 0 Å². The van der Waals surface area contributed by atoms with Crippen molar-refractivity contribution in [3.8, 4) is 0 Å². The molecule has 9 heteroatoms. The molecule has 2 aromatic carbocycles. The first-order valence-corrected chi connectivity index (χ1v) is 13.1.